The zero-order valence-electron chi connectivity index (χ0n) is 11.6. The van der Waals surface area contributed by atoms with Gasteiger partial charge in [0.25, 0.3) is 0 Å². The molecule has 0 heterocycles. The van der Waals surface area contributed by atoms with Crippen LogP contribution in [0, 0.1) is 5.41 Å². The lowest BCUT2D eigenvalue weighted by atomic mass is 9.90. The molecule has 0 aromatic carbocycles. The molecule has 3 N–H and O–H groups in total. The fourth-order valence-corrected chi connectivity index (χ4v) is 1.40. The highest BCUT2D eigenvalue weighted by molar-refractivity contribution is 5.75. The van der Waals surface area contributed by atoms with E-state index in [9.17, 15) is 9.59 Å². The van der Waals surface area contributed by atoms with Crippen molar-refractivity contribution >= 4 is 12.0 Å². The molecule has 1 atom stereocenters. The van der Waals surface area contributed by atoms with E-state index in [-0.39, 0.29) is 18.7 Å². The summed E-state index contributed by atoms with van der Waals surface area (Å²) in [5, 5.41) is 20.7. The third kappa shape index (κ3) is 4.91. The Balaban J connectivity index is 4.15. The van der Waals surface area contributed by atoms with Gasteiger partial charge in [-0.15, -0.1) is 0 Å². The molecule has 1 unspecified atom stereocenters. The topological polar surface area (TPSA) is 89.9 Å². The van der Waals surface area contributed by atoms with E-state index in [0.29, 0.717) is 19.4 Å². The third-order valence-electron chi connectivity index (χ3n) is 3.16. The Hall–Kier alpha value is -1.30. The summed E-state index contributed by atoms with van der Waals surface area (Å²) in [4.78, 5) is 24.0. The second kappa shape index (κ2) is 7.20. The van der Waals surface area contributed by atoms with Crippen LogP contribution in [0.25, 0.3) is 0 Å². The predicted octanol–water partition coefficient (Wildman–Crippen LogP) is 0.900. The lowest BCUT2D eigenvalue weighted by molar-refractivity contribution is -0.147. The zero-order chi connectivity index (χ0) is 14.3. The number of nitrogens with one attached hydrogen (secondary N) is 1. The molecule has 106 valence electrons. The van der Waals surface area contributed by atoms with Gasteiger partial charge in [0.15, 0.2) is 0 Å². The number of aliphatic hydroxyl groups excluding tert-OH is 1. The van der Waals surface area contributed by atoms with Gasteiger partial charge in [0.05, 0.1) is 18.1 Å². The molecule has 0 radical (unpaired) electrons. The Kier molecular flexibility index (Phi) is 6.68. The summed E-state index contributed by atoms with van der Waals surface area (Å²) < 4.78 is 0. The number of nitrogens with zero attached hydrogens (tertiary/aromatic N) is 1. The van der Waals surface area contributed by atoms with Crippen molar-refractivity contribution in [3.63, 3.8) is 0 Å². The molecular weight excluding hydrogens is 236 g/mol. The number of hydrogen-bond acceptors (Lipinski definition) is 3. The van der Waals surface area contributed by atoms with Crippen molar-refractivity contribution < 1.29 is 19.8 Å². The van der Waals surface area contributed by atoms with Crippen LogP contribution in [0.3, 0.4) is 0 Å². The van der Waals surface area contributed by atoms with Gasteiger partial charge >= 0.3 is 12.0 Å². The molecule has 0 aromatic heterocycles. The SMILES string of the molecule is CCC(CO)N(C)C(=O)NCCC(C)(C)C(=O)O. The largest absolute Gasteiger partial charge is 0.481 e. The Labute approximate surface area is 108 Å². The molecule has 0 bridgehead atoms. The Morgan fingerprint density at radius 1 is 1.39 bits per heavy atom. The van der Waals surface area contributed by atoms with Crippen LogP contribution in [-0.2, 0) is 4.79 Å². The van der Waals surface area contributed by atoms with Crippen LogP contribution in [-0.4, -0.2) is 53.4 Å². The number of aliphatic carboxylic acids is 1. The molecule has 0 aromatic rings. The van der Waals surface area contributed by atoms with Crippen LogP contribution in [0.15, 0.2) is 0 Å². The van der Waals surface area contributed by atoms with E-state index in [0.717, 1.165) is 0 Å². The minimum Gasteiger partial charge on any atom is -0.481 e. The van der Waals surface area contributed by atoms with Crippen LogP contribution < -0.4 is 5.32 Å². The Morgan fingerprint density at radius 3 is 2.33 bits per heavy atom. The number of urea groups is 1. The van der Waals surface area contributed by atoms with Gasteiger partial charge in [0.1, 0.15) is 0 Å². The molecule has 0 fully saturated rings. The van der Waals surface area contributed by atoms with Crippen molar-refractivity contribution in [2.45, 2.75) is 39.7 Å². The van der Waals surface area contributed by atoms with Gasteiger partial charge in [-0.05, 0) is 26.7 Å². The number of hydrogen-bond donors (Lipinski definition) is 3. The Bertz CT molecular complexity index is 288. The number of aliphatic hydroxyl groups is 1. The van der Waals surface area contributed by atoms with Crippen molar-refractivity contribution in [2.75, 3.05) is 20.2 Å². The van der Waals surface area contributed by atoms with E-state index in [1.165, 1.54) is 4.90 Å². The summed E-state index contributed by atoms with van der Waals surface area (Å²) in [6.07, 6.45) is 1.03. The monoisotopic (exact) mass is 260 g/mol. The van der Waals surface area contributed by atoms with Crippen molar-refractivity contribution in [3.8, 4) is 0 Å². The van der Waals surface area contributed by atoms with Crippen molar-refractivity contribution in [3.05, 3.63) is 0 Å². The number of carboxylic acids is 1. The van der Waals surface area contributed by atoms with Gasteiger partial charge in [0.2, 0.25) is 0 Å². The van der Waals surface area contributed by atoms with E-state index in [1.807, 2.05) is 6.92 Å². The smallest absolute Gasteiger partial charge is 0.317 e. The molecule has 0 saturated heterocycles. The van der Waals surface area contributed by atoms with Crippen molar-refractivity contribution in [1.29, 1.82) is 0 Å². The second-order valence-corrected chi connectivity index (χ2v) is 5.03. The first kappa shape index (κ1) is 16.7. The van der Waals surface area contributed by atoms with E-state index < -0.39 is 11.4 Å². The highest BCUT2D eigenvalue weighted by Crippen LogP contribution is 2.19. The fraction of sp³-hybridized carbons (Fsp3) is 0.833. The lowest BCUT2D eigenvalue weighted by Gasteiger charge is -2.26. The van der Waals surface area contributed by atoms with E-state index >= 15 is 0 Å². The first-order chi connectivity index (χ1) is 8.26. The first-order valence-electron chi connectivity index (χ1n) is 6.11. The van der Waals surface area contributed by atoms with E-state index in [1.54, 1.807) is 20.9 Å². The number of carbonyl (C=O) groups is 2. The maximum atomic E-state index is 11.7. The van der Waals surface area contributed by atoms with Gasteiger partial charge in [-0.3, -0.25) is 4.79 Å². The zero-order valence-corrected chi connectivity index (χ0v) is 11.6. The number of carboxylic acid groups (broad SMARTS) is 1. The molecule has 6 heteroatoms. The van der Waals surface area contributed by atoms with Crippen molar-refractivity contribution in [1.82, 2.24) is 10.2 Å². The van der Waals surface area contributed by atoms with Gasteiger partial charge in [-0.25, -0.2) is 4.79 Å². The van der Waals surface area contributed by atoms with Gasteiger partial charge in [-0.2, -0.15) is 0 Å². The van der Waals surface area contributed by atoms with Crippen LogP contribution >= 0.6 is 0 Å². The first-order valence-corrected chi connectivity index (χ1v) is 6.11. The molecular formula is C12H24N2O4. The van der Waals surface area contributed by atoms with Crippen LogP contribution in [0.4, 0.5) is 4.79 Å². The standard InChI is InChI=1S/C12H24N2O4/c1-5-9(8-15)14(4)11(18)13-7-6-12(2,3)10(16)17/h9,15H,5-8H2,1-4H3,(H,13,18)(H,16,17). The molecule has 0 aliphatic rings. The summed E-state index contributed by atoms with van der Waals surface area (Å²) >= 11 is 0. The molecule has 0 rings (SSSR count). The maximum absolute atomic E-state index is 11.7. The minimum atomic E-state index is -0.883. The van der Waals surface area contributed by atoms with Gasteiger partial charge < -0.3 is 20.4 Å². The predicted molar refractivity (Wildman–Crippen MR) is 68.4 cm³/mol. The van der Waals surface area contributed by atoms with Crippen LogP contribution in [0.2, 0.25) is 0 Å². The molecule has 6 nitrogen and oxygen atoms in total. The normalized spacial score (nSPS) is 12.9. The molecule has 0 aliphatic heterocycles. The molecule has 0 saturated carbocycles. The summed E-state index contributed by atoms with van der Waals surface area (Å²) in [5.74, 6) is -0.883. The highest BCUT2D eigenvalue weighted by atomic mass is 16.4. The average molecular weight is 260 g/mol. The Morgan fingerprint density at radius 2 is 1.94 bits per heavy atom. The van der Waals surface area contributed by atoms with E-state index in [2.05, 4.69) is 5.32 Å². The van der Waals surface area contributed by atoms with Gasteiger partial charge in [0, 0.05) is 13.6 Å². The van der Waals surface area contributed by atoms with Crippen molar-refractivity contribution in [2.24, 2.45) is 5.41 Å². The molecule has 0 spiro atoms. The number of likely N-dealkylation sites (N-methyl/N-ethyl adjacent to an activating group) is 1. The molecule has 2 amide bonds. The second-order valence-electron chi connectivity index (χ2n) is 5.03. The summed E-state index contributed by atoms with van der Waals surface area (Å²) in [5.41, 5.74) is -0.854. The third-order valence-corrected chi connectivity index (χ3v) is 3.16. The minimum absolute atomic E-state index is 0.0823. The number of rotatable bonds is 7. The summed E-state index contributed by atoms with van der Waals surface area (Å²) in [6, 6.07) is -0.505. The van der Waals surface area contributed by atoms with E-state index in [4.69, 9.17) is 10.2 Å². The maximum Gasteiger partial charge on any atom is 0.317 e. The van der Waals surface area contributed by atoms with Crippen LogP contribution in [0.5, 0.6) is 0 Å². The highest BCUT2D eigenvalue weighted by Gasteiger charge is 2.27. The fourth-order valence-electron chi connectivity index (χ4n) is 1.40. The number of amides is 2. The molecule has 0 aliphatic carbocycles. The van der Waals surface area contributed by atoms with Crippen LogP contribution in [0.1, 0.15) is 33.6 Å². The quantitative estimate of drug-likeness (QED) is 0.634. The number of carbonyl (C=O) groups excluding carboxylic acids is 1. The van der Waals surface area contributed by atoms with Gasteiger partial charge in [-0.1, -0.05) is 6.92 Å². The summed E-state index contributed by atoms with van der Waals surface area (Å²) in [6.45, 7) is 5.34. The average Bonchev–Trinajstić information content (AvgIpc) is 2.29. The summed E-state index contributed by atoms with van der Waals surface area (Å²) in [7, 11) is 1.61. The lowest BCUT2D eigenvalue weighted by Crippen LogP contribution is -2.45. The molecule has 18 heavy (non-hydrogen) atoms.